The van der Waals surface area contributed by atoms with Crippen molar-refractivity contribution in [3.63, 3.8) is 0 Å². The number of thioether (sulfide) groups is 1. The van der Waals surface area contributed by atoms with Crippen LogP contribution >= 0.6 is 35.0 Å². The van der Waals surface area contributed by atoms with E-state index >= 15 is 0 Å². The molecule has 1 aliphatic heterocycles. The molecular formula is C28H32Cl2N4O4S. The quantitative estimate of drug-likeness (QED) is 0.133. The number of carbonyl (C=O) groups excluding carboxylic acids is 1. The summed E-state index contributed by atoms with van der Waals surface area (Å²) in [5.74, 6) is 2.16. The number of ether oxygens (including phenoxy) is 3. The first-order valence-corrected chi connectivity index (χ1v) is 14.7. The van der Waals surface area contributed by atoms with Gasteiger partial charge in [0.2, 0.25) is 11.1 Å². The second-order valence-electron chi connectivity index (χ2n) is 8.81. The van der Waals surface area contributed by atoms with Crippen LogP contribution in [0, 0.1) is 0 Å². The molecule has 0 amide bonds. The zero-order valence-corrected chi connectivity index (χ0v) is 24.8. The molecule has 4 rings (SSSR count). The van der Waals surface area contributed by atoms with Crippen LogP contribution in [0.3, 0.4) is 0 Å². The van der Waals surface area contributed by atoms with E-state index in [1.807, 2.05) is 38.1 Å². The molecule has 1 atom stereocenters. The molecular weight excluding hydrogens is 559 g/mol. The predicted molar refractivity (Wildman–Crippen MR) is 155 cm³/mol. The Morgan fingerprint density at radius 2 is 1.90 bits per heavy atom. The molecule has 2 heterocycles. The van der Waals surface area contributed by atoms with Gasteiger partial charge in [0.05, 0.1) is 18.8 Å². The minimum atomic E-state index is -0.563. The van der Waals surface area contributed by atoms with Crippen molar-refractivity contribution in [3.05, 3.63) is 68.8 Å². The fraction of sp³-hybridized carbons (Fsp3) is 0.393. The Kier molecular flexibility index (Phi) is 10.0. The predicted octanol–water partition coefficient (Wildman–Crippen LogP) is 7.31. The maximum Gasteiger partial charge on any atom is 0.338 e. The molecule has 0 fully saturated rings. The molecule has 0 saturated heterocycles. The summed E-state index contributed by atoms with van der Waals surface area (Å²) in [6, 6.07) is 10.3. The molecule has 8 nitrogen and oxygen atoms in total. The lowest BCUT2D eigenvalue weighted by Gasteiger charge is -2.28. The number of aromatic nitrogens is 3. The van der Waals surface area contributed by atoms with Crippen LogP contribution in [-0.4, -0.2) is 39.7 Å². The van der Waals surface area contributed by atoms with E-state index in [1.165, 1.54) is 0 Å². The van der Waals surface area contributed by atoms with Gasteiger partial charge in [-0.1, -0.05) is 60.4 Å². The van der Waals surface area contributed by atoms with Crippen molar-refractivity contribution in [2.24, 2.45) is 0 Å². The molecule has 0 bridgehead atoms. The lowest BCUT2D eigenvalue weighted by molar-refractivity contribution is -0.139. The van der Waals surface area contributed by atoms with Crippen molar-refractivity contribution in [1.82, 2.24) is 14.8 Å². The van der Waals surface area contributed by atoms with Gasteiger partial charge in [-0.25, -0.2) is 9.48 Å². The van der Waals surface area contributed by atoms with Gasteiger partial charge in [0, 0.05) is 27.1 Å². The van der Waals surface area contributed by atoms with Crippen LogP contribution in [-0.2, 0) is 16.1 Å². The highest BCUT2D eigenvalue weighted by Crippen LogP contribution is 2.40. The fourth-order valence-corrected chi connectivity index (χ4v) is 5.53. The number of unbranched alkanes of at least 4 members (excludes halogenated alkanes) is 1. The number of allylic oxidation sites excluding steroid dienone is 1. The smallest absolute Gasteiger partial charge is 0.338 e. The van der Waals surface area contributed by atoms with Crippen LogP contribution in [0.1, 0.15) is 57.7 Å². The van der Waals surface area contributed by atoms with Crippen molar-refractivity contribution in [2.75, 3.05) is 24.3 Å². The van der Waals surface area contributed by atoms with Gasteiger partial charge in [0.15, 0.2) is 11.5 Å². The second-order valence-corrected chi connectivity index (χ2v) is 10.7. The minimum Gasteiger partial charge on any atom is -0.490 e. The molecule has 2 aromatic carbocycles. The number of hydrogen-bond donors (Lipinski definition) is 1. The van der Waals surface area contributed by atoms with Crippen LogP contribution in [0.25, 0.3) is 0 Å². The monoisotopic (exact) mass is 590 g/mol. The number of benzene rings is 2. The maximum atomic E-state index is 13.1. The molecule has 0 radical (unpaired) electrons. The van der Waals surface area contributed by atoms with Crippen molar-refractivity contribution < 1.29 is 19.0 Å². The van der Waals surface area contributed by atoms with E-state index in [9.17, 15) is 4.79 Å². The summed E-state index contributed by atoms with van der Waals surface area (Å²) in [7, 11) is 0. The van der Waals surface area contributed by atoms with Crippen molar-refractivity contribution in [3.8, 4) is 11.5 Å². The number of nitrogens with zero attached hydrogens (tertiary/aromatic N) is 3. The van der Waals surface area contributed by atoms with Gasteiger partial charge in [-0.3, -0.25) is 0 Å². The zero-order valence-electron chi connectivity index (χ0n) is 22.4. The fourth-order valence-electron chi connectivity index (χ4n) is 4.16. The molecule has 0 spiro atoms. The second kappa shape index (κ2) is 13.5. The Balaban J connectivity index is 1.71. The molecule has 0 aliphatic carbocycles. The Morgan fingerprint density at radius 1 is 1.08 bits per heavy atom. The van der Waals surface area contributed by atoms with Gasteiger partial charge < -0.3 is 19.5 Å². The Morgan fingerprint density at radius 3 is 2.62 bits per heavy atom. The third kappa shape index (κ3) is 6.83. The number of nitrogens with one attached hydrogen (secondary N) is 1. The van der Waals surface area contributed by atoms with Crippen molar-refractivity contribution in [1.29, 1.82) is 0 Å². The number of rotatable bonds is 12. The van der Waals surface area contributed by atoms with Crippen molar-refractivity contribution in [2.45, 2.75) is 58.3 Å². The largest absolute Gasteiger partial charge is 0.490 e. The summed E-state index contributed by atoms with van der Waals surface area (Å²) >= 11 is 14.0. The van der Waals surface area contributed by atoms with Crippen LogP contribution in [0.4, 0.5) is 5.95 Å². The number of fused-ring (bicyclic) bond motifs is 1. The lowest BCUT2D eigenvalue weighted by Crippen LogP contribution is -2.29. The highest BCUT2D eigenvalue weighted by Gasteiger charge is 2.35. The minimum absolute atomic E-state index is 0.238. The molecule has 1 aliphatic rings. The summed E-state index contributed by atoms with van der Waals surface area (Å²) in [6.45, 7) is 8.61. The van der Waals surface area contributed by atoms with E-state index in [0.29, 0.717) is 50.5 Å². The molecule has 1 unspecified atom stereocenters. The first-order chi connectivity index (χ1) is 18.9. The first-order valence-electron chi connectivity index (χ1n) is 12.9. The Bertz CT molecular complexity index is 1360. The average molecular weight is 592 g/mol. The van der Waals surface area contributed by atoms with E-state index < -0.39 is 12.0 Å². The number of carbonyl (C=O) groups is 1. The van der Waals surface area contributed by atoms with E-state index in [1.54, 1.807) is 35.5 Å². The number of esters is 1. The van der Waals surface area contributed by atoms with Crippen molar-refractivity contribution >= 4 is 46.9 Å². The summed E-state index contributed by atoms with van der Waals surface area (Å²) < 4.78 is 19.2. The average Bonchev–Trinajstić information content (AvgIpc) is 3.30. The van der Waals surface area contributed by atoms with Crippen LogP contribution in [0.2, 0.25) is 10.0 Å². The molecule has 208 valence electrons. The van der Waals surface area contributed by atoms with E-state index in [4.69, 9.17) is 42.5 Å². The molecule has 0 saturated carbocycles. The normalized spacial score (nSPS) is 14.6. The van der Waals surface area contributed by atoms with Gasteiger partial charge in [0.1, 0.15) is 12.6 Å². The molecule has 39 heavy (non-hydrogen) atoms. The van der Waals surface area contributed by atoms with Gasteiger partial charge in [-0.15, -0.1) is 5.10 Å². The summed E-state index contributed by atoms with van der Waals surface area (Å²) in [6.07, 6.45) is 2.16. The molecule has 1 N–H and O–H groups in total. The summed E-state index contributed by atoms with van der Waals surface area (Å²) in [5.41, 5.74) is 2.72. The zero-order chi connectivity index (χ0) is 27.9. The molecule has 3 aromatic rings. The number of halogens is 2. The van der Waals surface area contributed by atoms with Crippen LogP contribution < -0.4 is 14.8 Å². The van der Waals surface area contributed by atoms with Gasteiger partial charge >= 0.3 is 5.97 Å². The standard InChI is InChI=1S/C28H32Cl2N4O4S/c1-5-8-13-39-28-32-27-31-17(4)24(26(35)37-7-3)25(34(27)33-28)18-10-12-22(23(14-18)36-6-2)38-16-19-9-11-20(29)15-21(19)30/h9-12,14-15,25H,5-8,13,16H2,1-4H3,(H,31,32,33). The lowest BCUT2D eigenvalue weighted by atomic mass is 9.95. The van der Waals surface area contributed by atoms with Gasteiger partial charge in [-0.05, 0) is 57.0 Å². The van der Waals surface area contributed by atoms with Gasteiger partial charge in [-0.2, -0.15) is 4.98 Å². The van der Waals surface area contributed by atoms with E-state index in [2.05, 4.69) is 17.2 Å². The highest BCUT2D eigenvalue weighted by atomic mass is 35.5. The highest BCUT2D eigenvalue weighted by molar-refractivity contribution is 7.99. The topological polar surface area (TPSA) is 87.5 Å². The third-order valence-electron chi connectivity index (χ3n) is 6.04. The Hall–Kier alpha value is -2.88. The van der Waals surface area contributed by atoms with Crippen LogP contribution in [0.15, 0.2) is 52.8 Å². The van der Waals surface area contributed by atoms with E-state index in [0.717, 1.165) is 29.7 Å². The third-order valence-corrected chi connectivity index (χ3v) is 7.55. The number of anilines is 1. The molecule has 11 heteroatoms. The maximum absolute atomic E-state index is 13.1. The molecule has 1 aromatic heterocycles. The SMILES string of the molecule is CCCCSc1nc2n(n1)C(c1ccc(OCc3ccc(Cl)cc3Cl)c(OCC)c1)C(C(=O)OCC)=C(C)N2. The Labute approximate surface area is 243 Å². The first kappa shape index (κ1) is 29.1. The summed E-state index contributed by atoms with van der Waals surface area (Å²) in [4.78, 5) is 17.8. The van der Waals surface area contributed by atoms with Gasteiger partial charge in [0.25, 0.3) is 0 Å². The summed E-state index contributed by atoms with van der Waals surface area (Å²) in [5, 5.41) is 9.74. The van der Waals surface area contributed by atoms with E-state index in [-0.39, 0.29) is 13.2 Å². The van der Waals surface area contributed by atoms with Crippen LogP contribution in [0.5, 0.6) is 11.5 Å². The number of hydrogen-bond acceptors (Lipinski definition) is 8.